The highest BCUT2D eigenvalue weighted by Crippen LogP contribution is 2.12. The largest absolute Gasteiger partial charge is 0.329 e. The van der Waals surface area contributed by atoms with Crippen molar-refractivity contribution >= 4 is 0 Å². The van der Waals surface area contributed by atoms with E-state index >= 15 is 0 Å². The van der Waals surface area contributed by atoms with Gasteiger partial charge in [-0.2, -0.15) is 0 Å². The van der Waals surface area contributed by atoms with Crippen LogP contribution in [0.4, 0.5) is 8.78 Å². The van der Waals surface area contributed by atoms with Gasteiger partial charge in [0.05, 0.1) is 6.54 Å². The van der Waals surface area contributed by atoms with E-state index in [1.54, 1.807) is 0 Å². The van der Waals surface area contributed by atoms with Crippen molar-refractivity contribution in [1.82, 2.24) is 5.32 Å². The molecule has 0 aromatic carbocycles. The molecule has 0 bridgehead atoms. The molecule has 4 heteroatoms. The topological polar surface area (TPSA) is 38.0 Å². The first-order chi connectivity index (χ1) is 6.15. The summed E-state index contributed by atoms with van der Waals surface area (Å²) in [5.41, 5.74) is 5.50. The van der Waals surface area contributed by atoms with Crippen molar-refractivity contribution in [2.75, 3.05) is 13.1 Å². The lowest BCUT2D eigenvalue weighted by Crippen LogP contribution is -2.43. The minimum Gasteiger partial charge on any atom is -0.329 e. The highest BCUT2D eigenvalue weighted by molar-refractivity contribution is 4.75. The van der Waals surface area contributed by atoms with Gasteiger partial charge in [-0.3, -0.25) is 0 Å². The van der Waals surface area contributed by atoms with Crippen molar-refractivity contribution in [2.24, 2.45) is 11.7 Å². The Morgan fingerprint density at radius 1 is 1.23 bits per heavy atom. The molecule has 1 atom stereocenters. The van der Waals surface area contributed by atoms with Gasteiger partial charge in [0.25, 0.3) is 6.43 Å². The van der Waals surface area contributed by atoms with Crippen molar-refractivity contribution in [3.05, 3.63) is 0 Å². The van der Waals surface area contributed by atoms with Crippen LogP contribution in [0.3, 0.4) is 0 Å². The molecule has 13 heavy (non-hydrogen) atoms. The Balaban J connectivity index is 3.85. The lowest BCUT2D eigenvalue weighted by Gasteiger charge is -2.24. The molecule has 0 saturated carbocycles. The quantitative estimate of drug-likeness (QED) is 0.646. The maximum atomic E-state index is 11.9. The summed E-state index contributed by atoms with van der Waals surface area (Å²) >= 11 is 0. The highest BCUT2D eigenvalue weighted by atomic mass is 19.3. The van der Waals surface area contributed by atoms with Crippen LogP contribution in [0.25, 0.3) is 0 Å². The van der Waals surface area contributed by atoms with Gasteiger partial charge in [0.15, 0.2) is 0 Å². The molecule has 0 heterocycles. The number of halogens is 2. The van der Waals surface area contributed by atoms with Crippen LogP contribution in [0.5, 0.6) is 0 Å². The molecule has 0 aliphatic carbocycles. The van der Waals surface area contributed by atoms with Gasteiger partial charge in [-0.15, -0.1) is 0 Å². The predicted molar refractivity (Wildman–Crippen MR) is 50.9 cm³/mol. The zero-order valence-corrected chi connectivity index (χ0v) is 8.39. The first-order valence-electron chi connectivity index (χ1n) is 4.87. The summed E-state index contributed by atoms with van der Waals surface area (Å²) in [5.74, 6) is 0.406. The van der Waals surface area contributed by atoms with E-state index in [4.69, 9.17) is 5.73 Å². The molecule has 0 aromatic rings. The Hall–Kier alpha value is -0.220. The van der Waals surface area contributed by atoms with Crippen LogP contribution >= 0.6 is 0 Å². The predicted octanol–water partition coefficient (Wildman–Crippen LogP) is 1.60. The first-order valence-corrected chi connectivity index (χ1v) is 4.87. The third-order valence-electron chi connectivity index (χ3n) is 2.41. The second-order valence-corrected chi connectivity index (χ2v) is 3.22. The zero-order chi connectivity index (χ0) is 10.3. The van der Waals surface area contributed by atoms with Crippen molar-refractivity contribution in [3.63, 3.8) is 0 Å². The first kappa shape index (κ1) is 12.8. The summed E-state index contributed by atoms with van der Waals surface area (Å²) in [7, 11) is 0. The normalized spacial score (nSPS) is 14.1. The minimum absolute atomic E-state index is 0.0315. The molecule has 0 spiro atoms. The van der Waals surface area contributed by atoms with Crippen molar-refractivity contribution < 1.29 is 8.78 Å². The van der Waals surface area contributed by atoms with Gasteiger partial charge in [0.2, 0.25) is 0 Å². The fourth-order valence-corrected chi connectivity index (χ4v) is 1.54. The van der Waals surface area contributed by atoms with Crippen LogP contribution in [0.15, 0.2) is 0 Å². The molecule has 0 rings (SSSR count). The number of alkyl halides is 2. The monoisotopic (exact) mass is 194 g/mol. The summed E-state index contributed by atoms with van der Waals surface area (Å²) < 4.78 is 23.8. The van der Waals surface area contributed by atoms with Crippen molar-refractivity contribution in [3.8, 4) is 0 Å². The standard InChI is InChI=1S/C9H20F2N2/c1-3-7(4-2)8(5-12)13-6-9(10)11/h7-9,13H,3-6,12H2,1-2H3. The SMILES string of the molecule is CCC(CC)C(CN)NCC(F)F. The molecule has 2 nitrogen and oxygen atoms in total. The minimum atomic E-state index is -2.29. The summed E-state index contributed by atoms with van der Waals surface area (Å²) in [6, 6.07) is 0.0315. The average molecular weight is 194 g/mol. The Bertz CT molecular complexity index is 116. The highest BCUT2D eigenvalue weighted by Gasteiger charge is 2.17. The molecular weight excluding hydrogens is 174 g/mol. The average Bonchev–Trinajstić information content (AvgIpc) is 2.11. The van der Waals surface area contributed by atoms with E-state index in [0.29, 0.717) is 12.5 Å². The van der Waals surface area contributed by atoms with Gasteiger partial charge in [-0.05, 0) is 5.92 Å². The molecule has 0 radical (unpaired) electrons. The molecule has 0 aliphatic rings. The summed E-state index contributed by atoms with van der Waals surface area (Å²) in [5, 5.41) is 2.80. The van der Waals surface area contributed by atoms with Gasteiger partial charge in [0.1, 0.15) is 0 Å². The second kappa shape index (κ2) is 7.21. The lowest BCUT2D eigenvalue weighted by molar-refractivity contribution is 0.136. The molecule has 3 N–H and O–H groups in total. The lowest BCUT2D eigenvalue weighted by atomic mass is 9.94. The van der Waals surface area contributed by atoms with Crippen LogP contribution in [-0.2, 0) is 0 Å². The van der Waals surface area contributed by atoms with E-state index in [1.165, 1.54) is 0 Å². The van der Waals surface area contributed by atoms with Crippen molar-refractivity contribution in [1.29, 1.82) is 0 Å². The smallest absolute Gasteiger partial charge is 0.250 e. The Labute approximate surface area is 78.9 Å². The molecule has 0 saturated heterocycles. The maximum Gasteiger partial charge on any atom is 0.250 e. The number of hydrogen-bond acceptors (Lipinski definition) is 2. The number of hydrogen-bond donors (Lipinski definition) is 2. The van der Waals surface area contributed by atoms with Gasteiger partial charge in [-0.25, -0.2) is 8.78 Å². The molecular formula is C9H20F2N2. The fourth-order valence-electron chi connectivity index (χ4n) is 1.54. The van der Waals surface area contributed by atoms with E-state index in [0.717, 1.165) is 12.8 Å². The number of nitrogens with two attached hydrogens (primary N) is 1. The van der Waals surface area contributed by atoms with Gasteiger partial charge < -0.3 is 11.1 Å². The van der Waals surface area contributed by atoms with E-state index in [9.17, 15) is 8.78 Å². The second-order valence-electron chi connectivity index (χ2n) is 3.22. The Kier molecular flexibility index (Phi) is 7.09. The Morgan fingerprint density at radius 2 is 1.77 bits per heavy atom. The Morgan fingerprint density at radius 3 is 2.08 bits per heavy atom. The molecule has 0 fully saturated rings. The third-order valence-corrected chi connectivity index (χ3v) is 2.41. The van der Waals surface area contributed by atoms with Crippen molar-refractivity contribution in [2.45, 2.75) is 39.2 Å². The van der Waals surface area contributed by atoms with Gasteiger partial charge in [0, 0.05) is 12.6 Å². The van der Waals surface area contributed by atoms with E-state index in [2.05, 4.69) is 19.2 Å². The number of nitrogens with one attached hydrogen (secondary N) is 1. The van der Waals surface area contributed by atoms with Crippen LogP contribution in [-0.4, -0.2) is 25.6 Å². The zero-order valence-electron chi connectivity index (χ0n) is 8.39. The third kappa shape index (κ3) is 5.16. The van der Waals surface area contributed by atoms with Gasteiger partial charge in [-0.1, -0.05) is 26.7 Å². The van der Waals surface area contributed by atoms with E-state index < -0.39 is 6.43 Å². The fraction of sp³-hybridized carbons (Fsp3) is 1.00. The summed E-state index contributed by atoms with van der Waals surface area (Å²) in [6.07, 6.45) is -0.327. The summed E-state index contributed by atoms with van der Waals surface area (Å²) in [6.45, 7) is 4.29. The maximum absolute atomic E-state index is 11.9. The summed E-state index contributed by atoms with van der Waals surface area (Å²) in [4.78, 5) is 0. The van der Waals surface area contributed by atoms with E-state index in [1.807, 2.05) is 0 Å². The van der Waals surface area contributed by atoms with E-state index in [-0.39, 0.29) is 12.6 Å². The van der Waals surface area contributed by atoms with Crippen LogP contribution in [0, 0.1) is 5.92 Å². The van der Waals surface area contributed by atoms with Crippen LogP contribution in [0.2, 0.25) is 0 Å². The molecule has 0 aromatic heterocycles. The molecule has 80 valence electrons. The van der Waals surface area contributed by atoms with Gasteiger partial charge >= 0.3 is 0 Å². The van der Waals surface area contributed by atoms with Crippen LogP contribution < -0.4 is 11.1 Å². The molecule has 0 aliphatic heterocycles. The number of rotatable bonds is 7. The molecule has 1 unspecified atom stereocenters. The molecule has 0 amide bonds. The van der Waals surface area contributed by atoms with Crippen LogP contribution in [0.1, 0.15) is 26.7 Å².